The molecule has 0 radical (unpaired) electrons. The number of esters is 1. The van der Waals surface area contributed by atoms with Crippen LogP contribution in [0.3, 0.4) is 0 Å². The van der Waals surface area contributed by atoms with Crippen molar-refractivity contribution in [3.8, 4) is 11.5 Å². The number of nitrogens with zero attached hydrogens (tertiary/aromatic N) is 1. The van der Waals surface area contributed by atoms with Gasteiger partial charge in [-0.3, -0.25) is 4.79 Å². The van der Waals surface area contributed by atoms with E-state index in [-0.39, 0.29) is 18.9 Å². The number of benzene rings is 2. The van der Waals surface area contributed by atoms with Crippen molar-refractivity contribution in [3.05, 3.63) is 54.1 Å². The van der Waals surface area contributed by atoms with Crippen molar-refractivity contribution in [1.29, 1.82) is 0 Å². The first-order valence-corrected chi connectivity index (χ1v) is 7.89. The second-order valence-corrected chi connectivity index (χ2v) is 5.63. The maximum absolute atomic E-state index is 12.8. The third-order valence-electron chi connectivity index (χ3n) is 4.05. The zero-order chi connectivity index (χ0) is 17.8. The van der Waals surface area contributed by atoms with Gasteiger partial charge in [-0.2, -0.15) is 0 Å². The number of para-hydroxylation sites is 2. The van der Waals surface area contributed by atoms with Crippen LogP contribution in [0.2, 0.25) is 0 Å². The van der Waals surface area contributed by atoms with Gasteiger partial charge in [-0.1, -0.05) is 24.3 Å². The zero-order valence-corrected chi connectivity index (χ0v) is 14.1. The van der Waals surface area contributed by atoms with Crippen LogP contribution in [0.15, 0.2) is 48.5 Å². The van der Waals surface area contributed by atoms with E-state index >= 15 is 0 Å². The molecule has 6 heteroatoms. The second kappa shape index (κ2) is 7.25. The Balaban J connectivity index is 1.83. The minimum absolute atomic E-state index is 0.116. The number of anilines is 1. The SMILES string of the molecule is COC(=O)[C@H]1CN(C(=O)Cc2ccc(OC)cc2)c2ccccc2O1. The lowest BCUT2D eigenvalue weighted by atomic mass is 10.1. The van der Waals surface area contributed by atoms with Gasteiger partial charge < -0.3 is 19.1 Å². The van der Waals surface area contributed by atoms with Gasteiger partial charge in [-0.25, -0.2) is 4.79 Å². The molecule has 1 aliphatic heterocycles. The highest BCUT2D eigenvalue weighted by molar-refractivity contribution is 5.97. The number of hydrogen-bond donors (Lipinski definition) is 0. The summed E-state index contributed by atoms with van der Waals surface area (Å²) in [4.78, 5) is 26.3. The van der Waals surface area contributed by atoms with E-state index < -0.39 is 12.1 Å². The summed E-state index contributed by atoms with van der Waals surface area (Å²) in [7, 11) is 2.90. The van der Waals surface area contributed by atoms with E-state index in [9.17, 15) is 9.59 Å². The van der Waals surface area contributed by atoms with Crippen molar-refractivity contribution in [2.75, 3.05) is 25.7 Å². The molecule has 2 aromatic rings. The van der Waals surface area contributed by atoms with Crippen molar-refractivity contribution < 1.29 is 23.8 Å². The Morgan fingerprint density at radius 3 is 2.52 bits per heavy atom. The Morgan fingerprint density at radius 2 is 1.84 bits per heavy atom. The first-order valence-electron chi connectivity index (χ1n) is 7.89. The number of amides is 1. The first-order chi connectivity index (χ1) is 12.1. The standard InChI is InChI=1S/C19H19NO5/c1-23-14-9-7-13(8-10-14)11-18(21)20-12-17(19(22)24-2)25-16-6-4-3-5-15(16)20/h3-10,17H,11-12H2,1-2H3/t17-/m1/s1. The third kappa shape index (κ3) is 3.57. The van der Waals surface area contributed by atoms with Gasteiger partial charge in [0.1, 0.15) is 11.5 Å². The number of ether oxygens (including phenoxy) is 3. The van der Waals surface area contributed by atoms with Crippen LogP contribution in [-0.4, -0.2) is 38.7 Å². The van der Waals surface area contributed by atoms with Gasteiger partial charge in [0.25, 0.3) is 0 Å². The molecular formula is C19H19NO5. The molecule has 0 unspecified atom stereocenters. The molecule has 0 bridgehead atoms. The Labute approximate surface area is 145 Å². The molecular weight excluding hydrogens is 322 g/mol. The minimum Gasteiger partial charge on any atom is -0.497 e. The first kappa shape index (κ1) is 16.8. The highest BCUT2D eigenvalue weighted by Crippen LogP contribution is 2.33. The lowest BCUT2D eigenvalue weighted by Gasteiger charge is -2.33. The van der Waals surface area contributed by atoms with Gasteiger partial charge in [-0.05, 0) is 29.8 Å². The maximum atomic E-state index is 12.8. The molecule has 0 fully saturated rings. The van der Waals surface area contributed by atoms with Gasteiger partial charge in [0.2, 0.25) is 12.0 Å². The van der Waals surface area contributed by atoms with Crippen molar-refractivity contribution >= 4 is 17.6 Å². The van der Waals surface area contributed by atoms with Crippen LogP contribution in [-0.2, 0) is 20.7 Å². The summed E-state index contributed by atoms with van der Waals surface area (Å²) in [6.45, 7) is 0.124. The fourth-order valence-electron chi connectivity index (χ4n) is 2.74. The van der Waals surface area contributed by atoms with E-state index in [1.54, 1.807) is 30.2 Å². The summed E-state index contributed by atoms with van der Waals surface area (Å²) in [6, 6.07) is 14.5. The predicted molar refractivity (Wildman–Crippen MR) is 91.9 cm³/mol. The van der Waals surface area contributed by atoms with Crippen LogP contribution in [0.1, 0.15) is 5.56 Å². The molecule has 0 aliphatic carbocycles. The predicted octanol–water partition coefficient (Wildman–Crippen LogP) is 2.20. The minimum atomic E-state index is -0.834. The average molecular weight is 341 g/mol. The molecule has 1 aliphatic rings. The second-order valence-electron chi connectivity index (χ2n) is 5.63. The van der Waals surface area contributed by atoms with Gasteiger partial charge >= 0.3 is 5.97 Å². The van der Waals surface area contributed by atoms with Crippen molar-refractivity contribution in [2.45, 2.75) is 12.5 Å². The summed E-state index contributed by atoms with van der Waals surface area (Å²) in [5.74, 6) is 0.609. The fourth-order valence-corrected chi connectivity index (χ4v) is 2.74. The van der Waals surface area contributed by atoms with Crippen LogP contribution >= 0.6 is 0 Å². The molecule has 2 aromatic carbocycles. The maximum Gasteiger partial charge on any atom is 0.348 e. The van der Waals surface area contributed by atoms with Crippen LogP contribution in [0.4, 0.5) is 5.69 Å². The van der Waals surface area contributed by atoms with Crippen LogP contribution in [0.25, 0.3) is 0 Å². The molecule has 0 saturated carbocycles. The van der Waals surface area contributed by atoms with Gasteiger partial charge in [-0.15, -0.1) is 0 Å². The highest BCUT2D eigenvalue weighted by atomic mass is 16.6. The number of hydrogen-bond acceptors (Lipinski definition) is 5. The largest absolute Gasteiger partial charge is 0.497 e. The van der Waals surface area contributed by atoms with Crippen molar-refractivity contribution in [1.82, 2.24) is 0 Å². The molecule has 0 aromatic heterocycles. The Kier molecular flexibility index (Phi) is 4.88. The van der Waals surface area contributed by atoms with Crippen molar-refractivity contribution in [2.24, 2.45) is 0 Å². The average Bonchev–Trinajstić information content (AvgIpc) is 2.67. The molecule has 130 valence electrons. The lowest BCUT2D eigenvalue weighted by Crippen LogP contribution is -2.48. The van der Waals surface area contributed by atoms with E-state index in [2.05, 4.69) is 0 Å². The third-order valence-corrected chi connectivity index (χ3v) is 4.05. The van der Waals surface area contributed by atoms with Crippen LogP contribution < -0.4 is 14.4 Å². The summed E-state index contributed by atoms with van der Waals surface area (Å²) < 4.78 is 15.5. The summed E-state index contributed by atoms with van der Waals surface area (Å²) in [5.41, 5.74) is 1.52. The smallest absolute Gasteiger partial charge is 0.348 e. The molecule has 1 heterocycles. The lowest BCUT2D eigenvalue weighted by molar-refractivity contribution is -0.148. The zero-order valence-electron chi connectivity index (χ0n) is 14.1. The molecule has 3 rings (SSSR count). The normalized spacial score (nSPS) is 15.8. The van der Waals surface area contributed by atoms with Gasteiger partial charge in [0.05, 0.1) is 32.9 Å². The van der Waals surface area contributed by atoms with Gasteiger partial charge in [0.15, 0.2) is 0 Å². The molecule has 0 saturated heterocycles. The molecule has 25 heavy (non-hydrogen) atoms. The van der Waals surface area contributed by atoms with Crippen molar-refractivity contribution in [3.63, 3.8) is 0 Å². The fraction of sp³-hybridized carbons (Fsp3) is 0.263. The molecule has 1 amide bonds. The van der Waals surface area contributed by atoms with Crippen LogP contribution in [0.5, 0.6) is 11.5 Å². The summed E-state index contributed by atoms with van der Waals surface area (Å²) in [5, 5.41) is 0. The number of carbonyl (C=O) groups excluding carboxylic acids is 2. The summed E-state index contributed by atoms with van der Waals surface area (Å²) >= 11 is 0. The quantitative estimate of drug-likeness (QED) is 0.798. The summed E-state index contributed by atoms with van der Waals surface area (Å²) in [6.07, 6.45) is -0.619. The van der Waals surface area contributed by atoms with Crippen LogP contribution in [0, 0.1) is 0 Å². The molecule has 1 atom stereocenters. The highest BCUT2D eigenvalue weighted by Gasteiger charge is 2.34. The molecule has 6 nitrogen and oxygen atoms in total. The number of carbonyl (C=O) groups is 2. The number of methoxy groups -OCH3 is 2. The monoisotopic (exact) mass is 341 g/mol. The van der Waals surface area contributed by atoms with E-state index in [1.165, 1.54) is 7.11 Å². The Hall–Kier alpha value is -3.02. The van der Waals surface area contributed by atoms with E-state index in [0.717, 1.165) is 11.3 Å². The van der Waals surface area contributed by atoms with E-state index in [4.69, 9.17) is 14.2 Å². The Morgan fingerprint density at radius 1 is 1.12 bits per heavy atom. The van der Waals surface area contributed by atoms with E-state index in [1.807, 2.05) is 30.3 Å². The molecule has 0 N–H and O–H groups in total. The van der Waals surface area contributed by atoms with E-state index in [0.29, 0.717) is 11.4 Å². The number of fused-ring (bicyclic) bond motifs is 1. The topological polar surface area (TPSA) is 65.1 Å². The number of rotatable bonds is 4. The molecule has 0 spiro atoms. The Bertz CT molecular complexity index is 772. The van der Waals surface area contributed by atoms with Gasteiger partial charge in [0, 0.05) is 0 Å².